The van der Waals surface area contributed by atoms with Gasteiger partial charge in [-0.25, -0.2) is 4.98 Å². The molecule has 1 atom stereocenters. The second-order valence-corrected chi connectivity index (χ2v) is 6.99. The molecule has 9 heteroatoms. The summed E-state index contributed by atoms with van der Waals surface area (Å²) in [6, 6.07) is 3.59. The van der Waals surface area contributed by atoms with Crippen molar-refractivity contribution >= 4 is 16.7 Å². The molecule has 0 saturated heterocycles. The van der Waals surface area contributed by atoms with Gasteiger partial charge >= 0.3 is 6.18 Å². The zero-order valence-corrected chi connectivity index (χ0v) is 15.6. The second-order valence-electron chi connectivity index (χ2n) is 6.99. The van der Waals surface area contributed by atoms with Gasteiger partial charge in [-0.2, -0.15) is 13.2 Å². The first-order valence-electron chi connectivity index (χ1n) is 9.26. The van der Waals surface area contributed by atoms with E-state index in [1.807, 2.05) is 6.07 Å². The van der Waals surface area contributed by atoms with E-state index in [1.54, 1.807) is 12.3 Å². The van der Waals surface area contributed by atoms with Gasteiger partial charge in [-0.3, -0.25) is 4.98 Å². The molecule has 2 aromatic heterocycles. The molecule has 0 bridgehead atoms. The fourth-order valence-corrected chi connectivity index (χ4v) is 3.43. The second kappa shape index (κ2) is 8.91. The average Bonchev–Trinajstić information content (AvgIpc) is 2.67. The lowest BCUT2D eigenvalue weighted by atomic mass is 9.87. The van der Waals surface area contributed by atoms with Gasteiger partial charge in [-0.15, -0.1) is 0 Å². The van der Waals surface area contributed by atoms with Crippen LogP contribution in [0.4, 0.5) is 19.0 Å². The number of alkyl halides is 3. The Bertz CT molecular complexity index is 780. The van der Waals surface area contributed by atoms with Crippen LogP contribution in [0.3, 0.4) is 0 Å². The Kier molecular flexibility index (Phi) is 6.56. The number of ether oxygens (including phenoxy) is 2. The molecule has 0 aliphatic heterocycles. The average molecular weight is 399 g/mol. The number of halogens is 3. The predicted molar refractivity (Wildman–Crippen MR) is 98.3 cm³/mol. The Balaban J connectivity index is 1.70. The van der Waals surface area contributed by atoms with Crippen molar-refractivity contribution in [1.82, 2.24) is 9.97 Å². The maximum absolute atomic E-state index is 12.8. The number of aliphatic hydroxyl groups is 1. The van der Waals surface area contributed by atoms with Crippen molar-refractivity contribution in [3.05, 3.63) is 24.5 Å². The fourth-order valence-electron chi connectivity index (χ4n) is 3.43. The predicted octanol–water partition coefficient (Wildman–Crippen LogP) is 3.55. The van der Waals surface area contributed by atoms with Crippen LogP contribution in [0.5, 0.6) is 5.75 Å². The van der Waals surface area contributed by atoms with Gasteiger partial charge in [0.05, 0.1) is 30.9 Å². The number of methoxy groups -OCH3 is 1. The minimum Gasteiger partial charge on any atom is -0.487 e. The van der Waals surface area contributed by atoms with Crippen LogP contribution < -0.4 is 10.1 Å². The highest BCUT2D eigenvalue weighted by Crippen LogP contribution is 2.39. The zero-order valence-electron chi connectivity index (χ0n) is 15.6. The molecule has 0 spiro atoms. The molecule has 1 aliphatic carbocycles. The molecular weight excluding hydrogens is 375 g/mol. The summed E-state index contributed by atoms with van der Waals surface area (Å²) in [5.74, 6) is -0.245. The molecule has 0 amide bonds. The maximum atomic E-state index is 12.8. The standard InChI is InChI=1S/C19H24F3N3O3/c1-27-11-13(26)9-24-18-15-3-2-8-23-17(15)16(10-25-18)28-14-6-4-12(5-7-14)19(20,21)22/h2-3,8,10,12-14,26H,4-7,9,11H2,1H3,(H,24,25)/t12-,13?,14-. The Morgan fingerprint density at radius 1 is 1.25 bits per heavy atom. The molecule has 2 N–H and O–H groups in total. The van der Waals surface area contributed by atoms with Crippen LogP contribution >= 0.6 is 0 Å². The minimum atomic E-state index is -4.14. The van der Waals surface area contributed by atoms with Gasteiger partial charge in [0.25, 0.3) is 0 Å². The summed E-state index contributed by atoms with van der Waals surface area (Å²) in [5, 5.41) is 13.6. The van der Waals surface area contributed by atoms with E-state index in [0.29, 0.717) is 35.3 Å². The smallest absolute Gasteiger partial charge is 0.391 e. The number of anilines is 1. The molecule has 1 unspecified atom stereocenters. The lowest BCUT2D eigenvalue weighted by molar-refractivity contribution is -0.185. The third-order valence-corrected chi connectivity index (χ3v) is 4.90. The van der Waals surface area contributed by atoms with Crippen molar-refractivity contribution in [2.45, 2.75) is 44.1 Å². The molecule has 1 saturated carbocycles. The van der Waals surface area contributed by atoms with Gasteiger partial charge in [0.15, 0.2) is 5.75 Å². The highest BCUT2D eigenvalue weighted by molar-refractivity contribution is 5.92. The maximum Gasteiger partial charge on any atom is 0.391 e. The van der Waals surface area contributed by atoms with E-state index in [9.17, 15) is 18.3 Å². The topological polar surface area (TPSA) is 76.5 Å². The van der Waals surface area contributed by atoms with E-state index in [4.69, 9.17) is 9.47 Å². The summed E-state index contributed by atoms with van der Waals surface area (Å²) in [7, 11) is 1.51. The van der Waals surface area contributed by atoms with Crippen LogP contribution in [0, 0.1) is 5.92 Å². The largest absolute Gasteiger partial charge is 0.487 e. The number of nitrogens with one attached hydrogen (secondary N) is 1. The Morgan fingerprint density at radius 2 is 2.00 bits per heavy atom. The summed E-state index contributed by atoms with van der Waals surface area (Å²) in [4.78, 5) is 8.70. The van der Waals surface area contributed by atoms with Gasteiger partial charge in [-0.05, 0) is 37.8 Å². The van der Waals surface area contributed by atoms with Gasteiger partial charge in [0.2, 0.25) is 0 Å². The van der Waals surface area contributed by atoms with E-state index in [-0.39, 0.29) is 32.1 Å². The number of hydrogen-bond acceptors (Lipinski definition) is 6. The normalized spacial score (nSPS) is 21.5. The molecule has 2 heterocycles. The molecule has 6 nitrogen and oxygen atoms in total. The number of fused-ring (bicyclic) bond motifs is 1. The quantitative estimate of drug-likeness (QED) is 0.742. The van der Waals surface area contributed by atoms with Crippen molar-refractivity contribution in [3.8, 4) is 5.75 Å². The lowest BCUT2D eigenvalue weighted by Gasteiger charge is -2.30. The van der Waals surface area contributed by atoms with Crippen molar-refractivity contribution in [1.29, 1.82) is 0 Å². The van der Waals surface area contributed by atoms with Gasteiger partial charge in [0, 0.05) is 25.2 Å². The zero-order chi connectivity index (χ0) is 20.1. The number of pyridine rings is 2. The number of aliphatic hydroxyl groups excluding tert-OH is 1. The number of rotatable bonds is 7. The summed E-state index contributed by atoms with van der Waals surface area (Å²) in [6.45, 7) is 0.456. The lowest BCUT2D eigenvalue weighted by Crippen LogP contribution is -2.32. The molecule has 2 aromatic rings. The number of hydrogen-bond donors (Lipinski definition) is 2. The molecule has 1 fully saturated rings. The molecule has 154 valence electrons. The summed E-state index contributed by atoms with van der Waals surface area (Å²) < 4.78 is 49.4. The Hall–Kier alpha value is -2.13. The van der Waals surface area contributed by atoms with Crippen molar-refractivity contribution in [3.63, 3.8) is 0 Å². The van der Waals surface area contributed by atoms with E-state index in [2.05, 4.69) is 15.3 Å². The van der Waals surface area contributed by atoms with Crippen molar-refractivity contribution in [2.75, 3.05) is 25.6 Å². The van der Waals surface area contributed by atoms with E-state index in [1.165, 1.54) is 13.3 Å². The van der Waals surface area contributed by atoms with Crippen LogP contribution in [0.1, 0.15) is 25.7 Å². The molecular formula is C19H24F3N3O3. The van der Waals surface area contributed by atoms with E-state index in [0.717, 1.165) is 0 Å². The highest BCUT2D eigenvalue weighted by atomic mass is 19.4. The molecule has 3 rings (SSSR count). The minimum absolute atomic E-state index is 0.0734. The Morgan fingerprint density at radius 3 is 2.68 bits per heavy atom. The monoisotopic (exact) mass is 399 g/mol. The molecule has 28 heavy (non-hydrogen) atoms. The van der Waals surface area contributed by atoms with Crippen molar-refractivity contribution < 1.29 is 27.8 Å². The number of nitrogens with zero attached hydrogens (tertiary/aromatic N) is 2. The molecule has 0 radical (unpaired) electrons. The van der Waals surface area contributed by atoms with E-state index >= 15 is 0 Å². The van der Waals surface area contributed by atoms with Gasteiger partial charge < -0.3 is 19.9 Å². The third kappa shape index (κ3) is 5.02. The van der Waals surface area contributed by atoms with Crippen LogP contribution in [0.2, 0.25) is 0 Å². The van der Waals surface area contributed by atoms with Gasteiger partial charge in [-0.1, -0.05) is 0 Å². The number of aromatic nitrogens is 2. The van der Waals surface area contributed by atoms with E-state index < -0.39 is 18.2 Å². The Labute approximate surface area is 161 Å². The van der Waals surface area contributed by atoms with Crippen LogP contribution in [-0.4, -0.2) is 53.7 Å². The first kappa shape index (κ1) is 20.6. The third-order valence-electron chi connectivity index (χ3n) is 4.90. The first-order chi connectivity index (χ1) is 13.4. The summed E-state index contributed by atoms with van der Waals surface area (Å²) in [5.41, 5.74) is 0.583. The highest BCUT2D eigenvalue weighted by Gasteiger charge is 2.41. The van der Waals surface area contributed by atoms with Gasteiger partial charge in [0.1, 0.15) is 11.3 Å². The van der Waals surface area contributed by atoms with Crippen LogP contribution in [0.25, 0.3) is 10.9 Å². The SMILES string of the molecule is COCC(O)CNc1ncc(O[C@H]2CC[C@H](C(F)(F)F)CC2)c2ncccc12. The fraction of sp³-hybridized carbons (Fsp3) is 0.579. The summed E-state index contributed by atoms with van der Waals surface area (Å²) >= 11 is 0. The van der Waals surface area contributed by atoms with Crippen LogP contribution in [-0.2, 0) is 4.74 Å². The molecule has 1 aliphatic rings. The summed E-state index contributed by atoms with van der Waals surface area (Å²) in [6.07, 6.45) is -1.11. The van der Waals surface area contributed by atoms with Crippen LogP contribution in [0.15, 0.2) is 24.5 Å². The molecule has 0 aromatic carbocycles. The van der Waals surface area contributed by atoms with Crippen molar-refractivity contribution in [2.24, 2.45) is 5.92 Å². The first-order valence-corrected chi connectivity index (χ1v) is 9.26.